The van der Waals surface area contributed by atoms with Crippen LogP contribution in [0.25, 0.3) is 10.6 Å². The molecule has 0 N–H and O–H groups in total. The molecule has 0 unspecified atom stereocenters. The highest BCUT2D eigenvalue weighted by molar-refractivity contribution is 7.13. The third-order valence-electron chi connectivity index (χ3n) is 2.12. The second kappa shape index (κ2) is 6.34. The summed E-state index contributed by atoms with van der Waals surface area (Å²) in [5.41, 5.74) is -0.933. The van der Waals surface area contributed by atoms with E-state index in [-0.39, 0.29) is 5.56 Å². The van der Waals surface area contributed by atoms with Crippen LogP contribution in [-0.2, 0) is 6.18 Å². The molecule has 0 aliphatic heterocycles. The first-order chi connectivity index (χ1) is 9.02. The SMILES string of the molecule is CC.N#Cc1ccc(-c2nccs2)cc1C(F)(F)F. The zero-order valence-corrected chi connectivity index (χ0v) is 11.1. The van der Waals surface area contributed by atoms with E-state index in [2.05, 4.69) is 4.98 Å². The Balaban J connectivity index is 0.000000861. The van der Waals surface area contributed by atoms with Gasteiger partial charge in [0, 0.05) is 17.1 Å². The van der Waals surface area contributed by atoms with Gasteiger partial charge >= 0.3 is 6.18 Å². The molecule has 6 heteroatoms. The summed E-state index contributed by atoms with van der Waals surface area (Å²) < 4.78 is 38.1. The van der Waals surface area contributed by atoms with Crippen molar-refractivity contribution in [2.75, 3.05) is 0 Å². The number of hydrogen-bond donors (Lipinski definition) is 0. The summed E-state index contributed by atoms with van der Waals surface area (Å²) in [6, 6.07) is 5.12. The number of alkyl halides is 3. The zero-order valence-electron chi connectivity index (χ0n) is 10.3. The summed E-state index contributed by atoms with van der Waals surface area (Å²) in [7, 11) is 0. The van der Waals surface area contributed by atoms with Crippen molar-refractivity contribution < 1.29 is 13.2 Å². The van der Waals surface area contributed by atoms with E-state index in [1.807, 2.05) is 13.8 Å². The molecule has 0 amide bonds. The van der Waals surface area contributed by atoms with Gasteiger partial charge in [0.15, 0.2) is 0 Å². The number of aromatic nitrogens is 1. The lowest BCUT2D eigenvalue weighted by atomic mass is 10.0. The van der Waals surface area contributed by atoms with Crippen molar-refractivity contribution in [2.45, 2.75) is 20.0 Å². The maximum atomic E-state index is 12.7. The summed E-state index contributed by atoms with van der Waals surface area (Å²) in [6.45, 7) is 4.00. The van der Waals surface area contributed by atoms with Gasteiger partial charge < -0.3 is 0 Å². The summed E-state index contributed by atoms with van der Waals surface area (Å²) in [5.74, 6) is 0. The summed E-state index contributed by atoms with van der Waals surface area (Å²) in [5, 5.41) is 10.8. The van der Waals surface area contributed by atoms with Crippen molar-refractivity contribution in [3.05, 3.63) is 40.9 Å². The summed E-state index contributed by atoms with van der Waals surface area (Å²) in [4.78, 5) is 3.93. The Kier molecular flexibility index (Phi) is 5.07. The number of rotatable bonds is 1. The van der Waals surface area contributed by atoms with Crippen LogP contribution in [0.3, 0.4) is 0 Å². The lowest BCUT2D eigenvalue weighted by Crippen LogP contribution is -2.07. The van der Waals surface area contributed by atoms with Crippen LogP contribution in [0, 0.1) is 11.3 Å². The van der Waals surface area contributed by atoms with E-state index in [0.717, 1.165) is 6.07 Å². The minimum Gasteiger partial charge on any atom is -0.245 e. The lowest BCUT2D eigenvalue weighted by Gasteiger charge is -2.09. The molecule has 19 heavy (non-hydrogen) atoms. The topological polar surface area (TPSA) is 36.7 Å². The van der Waals surface area contributed by atoms with Gasteiger partial charge in [-0.15, -0.1) is 11.3 Å². The van der Waals surface area contributed by atoms with Crippen molar-refractivity contribution in [2.24, 2.45) is 0 Å². The maximum Gasteiger partial charge on any atom is 0.417 e. The van der Waals surface area contributed by atoms with Gasteiger partial charge in [0.25, 0.3) is 0 Å². The molecule has 0 saturated carbocycles. The summed E-state index contributed by atoms with van der Waals surface area (Å²) in [6.07, 6.45) is -3.01. The van der Waals surface area contributed by atoms with E-state index < -0.39 is 11.7 Å². The molecule has 2 aromatic rings. The molecule has 0 bridgehead atoms. The van der Waals surface area contributed by atoms with Gasteiger partial charge in [0.2, 0.25) is 0 Å². The first-order valence-corrected chi connectivity index (χ1v) is 6.41. The van der Waals surface area contributed by atoms with Crippen molar-refractivity contribution in [1.29, 1.82) is 5.26 Å². The predicted molar refractivity (Wildman–Crippen MR) is 68.6 cm³/mol. The monoisotopic (exact) mass is 284 g/mol. The average Bonchev–Trinajstić information content (AvgIpc) is 2.93. The smallest absolute Gasteiger partial charge is 0.245 e. The number of thiazole rings is 1. The number of nitriles is 1. The van der Waals surface area contributed by atoms with E-state index in [9.17, 15) is 13.2 Å². The Morgan fingerprint density at radius 3 is 2.42 bits per heavy atom. The summed E-state index contributed by atoms with van der Waals surface area (Å²) >= 11 is 1.25. The Morgan fingerprint density at radius 2 is 1.95 bits per heavy atom. The van der Waals surface area contributed by atoms with Gasteiger partial charge in [-0.05, 0) is 12.1 Å². The number of halogens is 3. The molecule has 0 saturated heterocycles. The highest BCUT2D eigenvalue weighted by Gasteiger charge is 2.34. The van der Waals surface area contributed by atoms with Crippen LogP contribution < -0.4 is 0 Å². The molecular formula is C13H11F3N2S. The fourth-order valence-electron chi connectivity index (χ4n) is 1.38. The van der Waals surface area contributed by atoms with Crippen molar-refractivity contribution >= 4 is 11.3 Å². The minimum absolute atomic E-state index is 0.367. The van der Waals surface area contributed by atoms with Gasteiger partial charge in [-0.2, -0.15) is 18.4 Å². The number of hydrogen-bond acceptors (Lipinski definition) is 3. The van der Waals surface area contributed by atoms with Crippen molar-refractivity contribution in [1.82, 2.24) is 4.98 Å². The second-order valence-corrected chi connectivity index (χ2v) is 4.10. The van der Waals surface area contributed by atoms with Crippen LogP contribution in [0.2, 0.25) is 0 Å². The molecule has 1 heterocycles. The Morgan fingerprint density at radius 1 is 1.26 bits per heavy atom. The largest absolute Gasteiger partial charge is 0.417 e. The predicted octanol–water partition coefficient (Wildman–Crippen LogP) is 4.73. The maximum absolute atomic E-state index is 12.7. The number of benzene rings is 1. The van der Waals surface area contributed by atoms with Gasteiger partial charge in [0.1, 0.15) is 5.01 Å². The molecule has 0 fully saturated rings. The van der Waals surface area contributed by atoms with Crippen LogP contribution in [0.15, 0.2) is 29.8 Å². The van der Waals surface area contributed by atoms with E-state index in [1.165, 1.54) is 35.7 Å². The molecule has 100 valence electrons. The molecule has 1 aromatic heterocycles. The van der Waals surface area contributed by atoms with Crippen LogP contribution in [0.4, 0.5) is 13.2 Å². The zero-order chi connectivity index (χ0) is 14.5. The van der Waals surface area contributed by atoms with E-state index in [0.29, 0.717) is 10.6 Å². The molecule has 0 radical (unpaired) electrons. The third-order valence-corrected chi connectivity index (χ3v) is 2.95. The van der Waals surface area contributed by atoms with Crippen molar-refractivity contribution in [3.8, 4) is 16.6 Å². The normalized spacial score (nSPS) is 10.3. The van der Waals surface area contributed by atoms with Crippen LogP contribution in [-0.4, -0.2) is 4.98 Å². The molecular weight excluding hydrogens is 273 g/mol. The van der Waals surface area contributed by atoms with E-state index in [1.54, 1.807) is 5.38 Å². The Hall–Kier alpha value is -1.87. The van der Waals surface area contributed by atoms with E-state index in [4.69, 9.17) is 5.26 Å². The highest BCUT2D eigenvalue weighted by Crippen LogP contribution is 2.35. The van der Waals surface area contributed by atoms with Crippen LogP contribution in [0.1, 0.15) is 25.0 Å². The fourth-order valence-corrected chi connectivity index (χ4v) is 2.01. The third kappa shape index (κ3) is 3.55. The van der Waals surface area contributed by atoms with Crippen molar-refractivity contribution in [3.63, 3.8) is 0 Å². The standard InChI is InChI=1S/C11H5F3N2S.C2H6/c12-11(13,14)9-5-7(1-2-8(9)6-15)10-16-3-4-17-10;1-2/h1-5H;1-2H3. The van der Waals surface area contributed by atoms with Crippen LogP contribution >= 0.6 is 11.3 Å². The van der Waals surface area contributed by atoms with Gasteiger partial charge in [-0.25, -0.2) is 4.98 Å². The molecule has 0 atom stereocenters. The molecule has 0 aliphatic carbocycles. The van der Waals surface area contributed by atoms with Gasteiger partial charge in [0.05, 0.1) is 17.2 Å². The molecule has 2 rings (SSSR count). The Bertz CT molecular complexity index is 569. The van der Waals surface area contributed by atoms with Gasteiger partial charge in [-0.3, -0.25) is 0 Å². The first kappa shape index (κ1) is 15.2. The van der Waals surface area contributed by atoms with Crippen LogP contribution in [0.5, 0.6) is 0 Å². The Labute approximate surface area is 113 Å². The lowest BCUT2D eigenvalue weighted by molar-refractivity contribution is -0.137. The molecule has 1 aromatic carbocycles. The second-order valence-electron chi connectivity index (χ2n) is 3.21. The number of nitrogens with zero attached hydrogens (tertiary/aromatic N) is 2. The fraction of sp³-hybridized carbons (Fsp3) is 0.231. The molecule has 0 aliphatic rings. The molecule has 2 nitrogen and oxygen atoms in total. The van der Waals surface area contributed by atoms with Gasteiger partial charge in [-0.1, -0.05) is 19.9 Å². The highest BCUT2D eigenvalue weighted by atomic mass is 32.1. The quantitative estimate of drug-likeness (QED) is 0.759. The first-order valence-electron chi connectivity index (χ1n) is 5.53. The minimum atomic E-state index is -4.53. The van der Waals surface area contributed by atoms with E-state index >= 15 is 0 Å². The molecule has 0 spiro atoms. The average molecular weight is 284 g/mol.